The van der Waals surface area contributed by atoms with Gasteiger partial charge in [0.15, 0.2) is 5.15 Å². The van der Waals surface area contributed by atoms with Gasteiger partial charge in [-0.2, -0.15) is 0 Å². The number of aromatic nitrogens is 4. The molecule has 1 saturated carbocycles. The van der Waals surface area contributed by atoms with E-state index >= 15 is 0 Å². The summed E-state index contributed by atoms with van der Waals surface area (Å²) in [6.07, 6.45) is 8.23. The molecule has 3 heterocycles. The number of fused-ring (bicyclic) bond motifs is 1. The third-order valence-corrected chi connectivity index (χ3v) is 5.70. The van der Waals surface area contributed by atoms with Gasteiger partial charge in [-0.25, -0.2) is 24.7 Å². The Morgan fingerprint density at radius 2 is 1.81 bits per heavy atom. The Labute approximate surface area is 183 Å². The first-order valence-electron chi connectivity index (χ1n) is 10.0. The topological polar surface area (TPSA) is 130 Å². The number of carboxylic acid groups (broad SMARTS) is 1. The summed E-state index contributed by atoms with van der Waals surface area (Å²) in [5.74, 6) is -0.878. The van der Waals surface area contributed by atoms with E-state index in [0.29, 0.717) is 35.1 Å². The number of hydrogen-bond acceptors (Lipinski definition) is 8. The van der Waals surface area contributed by atoms with Gasteiger partial charge in [0, 0.05) is 36.6 Å². The van der Waals surface area contributed by atoms with Gasteiger partial charge in [0.25, 0.3) is 5.78 Å². The molecular formula is C21H21ClN6O3. The second-order valence-corrected chi connectivity index (χ2v) is 7.90. The Morgan fingerprint density at radius 1 is 1.06 bits per heavy atom. The minimum atomic E-state index is -1.52. The Balaban J connectivity index is 1.26. The molecule has 31 heavy (non-hydrogen) atoms. The maximum Gasteiger partial charge on any atom is 0.377 e. The monoisotopic (exact) mass is 440 g/mol. The summed E-state index contributed by atoms with van der Waals surface area (Å²) in [4.78, 5) is 38.8. The van der Waals surface area contributed by atoms with Gasteiger partial charge >= 0.3 is 5.97 Å². The minimum absolute atomic E-state index is 0.0380. The van der Waals surface area contributed by atoms with Crippen LogP contribution in [0.3, 0.4) is 0 Å². The van der Waals surface area contributed by atoms with Gasteiger partial charge in [-0.1, -0.05) is 11.6 Å². The van der Waals surface area contributed by atoms with Gasteiger partial charge in [-0.3, -0.25) is 4.79 Å². The molecule has 160 valence electrons. The number of carbonyl (C=O) groups is 2. The van der Waals surface area contributed by atoms with Crippen molar-refractivity contribution in [2.45, 2.75) is 31.7 Å². The number of carbonyl (C=O) groups excluding carboxylic acids is 1. The maximum atomic E-state index is 11.4. The first-order chi connectivity index (χ1) is 15.0. The van der Waals surface area contributed by atoms with Crippen LogP contribution in [0.4, 0.5) is 11.8 Å². The fourth-order valence-corrected chi connectivity index (χ4v) is 3.92. The van der Waals surface area contributed by atoms with Crippen LogP contribution >= 0.6 is 11.6 Å². The molecule has 0 bridgehead atoms. The van der Waals surface area contributed by atoms with Gasteiger partial charge in [0.1, 0.15) is 11.3 Å². The predicted octanol–water partition coefficient (Wildman–Crippen LogP) is 3.42. The van der Waals surface area contributed by atoms with Crippen LogP contribution in [0.2, 0.25) is 5.15 Å². The summed E-state index contributed by atoms with van der Waals surface area (Å²) < 4.78 is 0. The highest BCUT2D eigenvalue weighted by molar-refractivity contribution is 6.39. The lowest BCUT2D eigenvalue weighted by Gasteiger charge is -2.29. The number of halogens is 1. The second kappa shape index (κ2) is 9.22. The predicted molar refractivity (Wildman–Crippen MR) is 116 cm³/mol. The summed E-state index contributed by atoms with van der Waals surface area (Å²) in [7, 11) is 0. The number of aliphatic carboxylic acids is 1. The quantitative estimate of drug-likeness (QED) is 0.287. The number of nitrogens with zero attached hydrogens (tertiary/aromatic N) is 4. The molecule has 3 aromatic rings. The van der Waals surface area contributed by atoms with Gasteiger partial charge in [0.2, 0.25) is 5.95 Å². The van der Waals surface area contributed by atoms with Crippen LogP contribution in [0.15, 0.2) is 36.8 Å². The van der Waals surface area contributed by atoms with Crippen LogP contribution < -0.4 is 10.6 Å². The minimum Gasteiger partial charge on any atom is -0.475 e. The third kappa shape index (κ3) is 5.05. The van der Waals surface area contributed by atoms with Gasteiger partial charge in [-0.05, 0) is 49.8 Å². The highest BCUT2D eigenvalue weighted by atomic mass is 35.5. The number of Topliss-reactive ketones (excluding diaryl/α,β-unsaturated/α-hetero) is 1. The number of pyridine rings is 2. The molecule has 0 aromatic carbocycles. The average molecular weight is 441 g/mol. The lowest BCUT2D eigenvalue weighted by atomic mass is 9.86. The van der Waals surface area contributed by atoms with Crippen LogP contribution in [0.25, 0.3) is 10.9 Å². The largest absolute Gasteiger partial charge is 0.475 e. The van der Waals surface area contributed by atoms with Gasteiger partial charge < -0.3 is 15.7 Å². The molecule has 3 aromatic heterocycles. The second-order valence-electron chi connectivity index (χ2n) is 7.54. The molecule has 0 unspecified atom stereocenters. The van der Waals surface area contributed by atoms with Crippen molar-refractivity contribution in [2.75, 3.05) is 17.2 Å². The molecule has 4 rings (SSSR count). The fraction of sp³-hybridized carbons (Fsp3) is 0.333. The standard InChI is InChI=1S/C21H21ClN6O3/c22-19-17-13(7-8-23-19)3-6-16(28-17)27-15-4-1-12(2-5-15)9-24-21-25-10-14(11-26-21)18(29)20(30)31/h3,6-8,10-12,15H,1-2,4-5,9H2,(H,27,28)(H,30,31)(H,24,25,26). The number of nitrogens with one attached hydrogen (secondary N) is 2. The number of carboxylic acids is 1. The SMILES string of the molecule is O=C(O)C(=O)c1cnc(NCC2CCC(Nc3ccc4ccnc(Cl)c4n3)CC2)nc1. The molecule has 0 aliphatic heterocycles. The number of hydrogen-bond donors (Lipinski definition) is 3. The highest BCUT2D eigenvalue weighted by Crippen LogP contribution is 2.27. The molecule has 0 radical (unpaired) electrons. The Bertz CT molecular complexity index is 1100. The molecule has 3 N–H and O–H groups in total. The summed E-state index contributed by atoms with van der Waals surface area (Å²) in [6.45, 7) is 0.717. The van der Waals surface area contributed by atoms with Crippen molar-refractivity contribution < 1.29 is 14.7 Å². The lowest BCUT2D eigenvalue weighted by molar-refractivity contribution is -0.131. The summed E-state index contributed by atoms with van der Waals surface area (Å²) in [5, 5.41) is 16.7. The zero-order valence-electron chi connectivity index (χ0n) is 16.6. The Kier molecular flexibility index (Phi) is 6.22. The third-order valence-electron chi connectivity index (χ3n) is 5.42. The highest BCUT2D eigenvalue weighted by Gasteiger charge is 2.22. The van der Waals surface area contributed by atoms with E-state index < -0.39 is 11.8 Å². The van der Waals surface area contributed by atoms with Crippen molar-refractivity contribution in [3.8, 4) is 0 Å². The maximum absolute atomic E-state index is 11.4. The zero-order valence-corrected chi connectivity index (χ0v) is 17.3. The normalized spacial score (nSPS) is 18.5. The van der Waals surface area contributed by atoms with Crippen LogP contribution in [-0.2, 0) is 4.79 Å². The van der Waals surface area contributed by atoms with Crippen molar-refractivity contribution in [3.63, 3.8) is 0 Å². The summed E-state index contributed by atoms with van der Waals surface area (Å²) in [6, 6.07) is 6.18. The van der Waals surface area contributed by atoms with E-state index in [-0.39, 0.29) is 5.56 Å². The Morgan fingerprint density at radius 3 is 2.52 bits per heavy atom. The zero-order chi connectivity index (χ0) is 21.8. The smallest absolute Gasteiger partial charge is 0.377 e. The van der Waals surface area contributed by atoms with E-state index in [9.17, 15) is 9.59 Å². The molecular weight excluding hydrogens is 420 g/mol. The van der Waals surface area contributed by atoms with Crippen molar-refractivity contribution in [1.82, 2.24) is 19.9 Å². The van der Waals surface area contributed by atoms with Crippen LogP contribution in [0.5, 0.6) is 0 Å². The van der Waals surface area contributed by atoms with Crippen LogP contribution in [0, 0.1) is 5.92 Å². The van der Waals surface area contributed by atoms with E-state index in [1.54, 1.807) is 6.20 Å². The Hall–Kier alpha value is -3.33. The molecule has 0 amide bonds. The number of anilines is 2. The first-order valence-corrected chi connectivity index (χ1v) is 10.4. The van der Waals surface area contributed by atoms with Crippen molar-refractivity contribution in [2.24, 2.45) is 5.92 Å². The van der Waals surface area contributed by atoms with Gasteiger partial charge in [-0.15, -0.1) is 0 Å². The number of ketones is 1. The molecule has 0 atom stereocenters. The van der Waals surface area contributed by atoms with E-state index in [1.165, 1.54) is 12.4 Å². The molecule has 1 aliphatic carbocycles. The summed E-state index contributed by atoms with van der Waals surface area (Å²) >= 11 is 6.15. The number of rotatable bonds is 7. The van der Waals surface area contributed by atoms with Crippen molar-refractivity contribution in [1.29, 1.82) is 0 Å². The van der Waals surface area contributed by atoms with Gasteiger partial charge in [0.05, 0.1) is 5.56 Å². The average Bonchev–Trinajstić information content (AvgIpc) is 2.79. The molecule has 9 nitrogen and oxygen atoms in total. The van der Waals surface area contributed by atoms with Crippen molar-refractivity contribution >= 4 is 46.0 Å². The fourth-order valence-electron chi connectivity index (χ4n) is 3.71. The molecule has 10 heteroatoms. The van der Waals surface area contributed by atoms with E-state index in [2.05, 4.69) is 30.6 Å². The molecule has 0 spiro atoms. The molecule has 0 saturated heterocycles. The van der Waals surface area contributed by atoms with E-state index in [1.807, 2.05) is 18.2 Å². The van der Waals surface area contributed by atoms with Crippen LogP contribution in [0.1, 0.15) is 36.0 Å². The van der Waals surface area contributed by atoms with E-state index in [0.717, 1.165) is 36.9 Å². The summed E-state index contributed by atoms with van der Waals surface area (Å²) in [5.41, 5.74) is 0.659. The molecule has 1 aliphatic rings. The first kappa shape index (κ1) is 20.9. The molecule has 1 fully saturated rings. The van der Waals surface area contributed by atoms with Crippen molar-refractivity contribution in [3.05, 3.63) is 47.5 Å². The lowest BCUT2D eigenvalue weighted by Crippen LogP contribution is -2.29. The van der Waals surface area contributed by atoms with E-state index in [4.69, 9.17) is 16.7 Å². The van der Waals surface area contributed by atoms with Crippen LogP contribution in [-0.4, -0.2) is 49.4 Å².